The first-order valence-corrected chi connectivity index (χ1v) is 6.00. The Morgan fingerprint density at radius 3 is 2.82 bits per heavy atom. The largest absolute Gasteiger partial charge is 0.497 e. The maximum atomic E-state index is 6.01. The highest BCUT2D eigenvalue weighted by molar-refractivity contribution is 5.80. The van der Waals surface area contributed by atoms with Crippen LogP contribution in [0.2, 0.25) is 0 Å². The first kappa shape index (κ1) is 10.4. The van der Waals surface area contributed by atoms with Gasteiger partial charge < -0.3 is 15.0 Å². The summed E-state index contributed by atoms with van der Waals surface area (Å²) in [4.78, 5) is 4.41. The maximum Gasteiger partial charge on any atom is 0.201 e. The highest BCUT2D eigenvalue weighted by Gasteiger charge is 2.29. The van der Waals surface area contributed by atoms with E-state index in [1.54, 1.807) is 7.11 Å². The van der Waals surface area contributed by atoms with Gasteiger partial charge in [0.25, 0.3) is 0 Å². The number of hydrogen-bond acceptors (Lipinski definition) is 3. The summed E-state index contributed by atoms with van der Waals surface area (Å²) in [5.74, 6) is 2.24. The van der Waals surface area contributed by atoms with Gasteiger partial charge in [-0.15, -0.1) is 0 Å². The van der Waals surface area contributed by atoms with E-state index >= 15 is 0 Å². The van der Waals surface area contributed by atoms with Crippen LogP contribution in [0.5, 0.6) is 5.75 Å². The number of fused-ring (bicyclic) bond motifs is 1. The molecule has 0 saturated heterocycles. The molecule has 1 saturated carbocycles. The van der Waals surface area contributed by atoms with E-state index in [0.717, 1.165) is 22.7 Å². The molecule has 0 spiro atoms. The molecule has 1 aliphatic rings. The van der Waals surface area contributed by atoms with Crippen molar-refractivity contribution in [1.82, 2.24) is 9.55 Å². The van der Waals surface area contributed by atoms with Gasteiger partial charge in [0.1, 0.15) is 5.75 Å². The zero-order chi connectivity index (χ0) is 12.0. The molecule has 1 aromatic heterocycles. The quantitative estimate of drug-likeness (QED) is 0.864. The SMILES string of the molecule is COc1ccc2c(c1)nc(N)n2C1CC(C)C1. The number of nitrogens with zero attached hydrogens (tertiary/aromatic N) is 2. The number of rotatable bonds is 2. The molecule has 2 aromatic rings. The van der Waals surface area contributed by atoms with E-state index in [4.69, 9.17) is 10.5 Å². The Bertz CT molecular complexity index is 555. The van der Waals surface area contributed by atoms with Crippen LogP contribution in [0.3, 0.4) is 0 Å². The van der Waals surface area contributed by atoms with Crippen molar-refractivity contribution >= 4 is 17.0 Å². The van der Waals surface area contributed by atoms with Gasteiger partial charge in [-0.25, -0.2) is 4.98 Å². The average Bonchev–Trinajstić information content (AvgIpc) is 2.59. The molecule has 2 N–H and O–H groups in total. The Morgan fingerprint density at radius 1 is 1.41 bits per heavy atom. The molecule has 90 valence electrons. The minimum Gasteiger partial charge on any atom is -0.497 e. The minimum atomic E-state index is 0.517. The van der Waals surface area contributed by atoms with E-state index in [2.05, 4.69) is 16.5 Å². The molecule has 4 nitrogen and oxygen atoms in total. The fourth-order valence-electron chi connectivity index (χ4n) is 2.68. The zero-order valence-electron chi connectivity index (χ0n) is 10.2. The third-order valence-corrected chi connectivity index (χ3v) is 3.64. The molecule has 1 fully saturated rings. The van der Waals surface area contributed by atoms with Crippen molar-refractivity contribution in [3.8, 4) is 5.75 Å². The molecule has 0 unspecified atom stereocenters. The summed E-state index contributed by atoms with van der Waals surface area (Å²) < 4.78 is 7.36. The number of nitrogen functional groups attached to an aromatic ring is 1. The van der Waals surface area contributed by atoms with E-state index in [1.165, 1.54) is 12.8 Å². The van der Waals surface area contributed by atoms with Crippen molar-refractivity contribution in [2.45, 2.75) is 25.8 Å². The number of benzene rings is 1. The van der Waals surface area contributed by atoms with Gasteiger partial charge >= 0.3 is 0 Å². The summed E-state index contributed by atoms with van der Waals surface area (Å²) >= 11 is 0. The Morgan fingerprint density at radius 2 is 2.18 bits per heavy atom. The van der Waals surface area contributed by atoms with E-state index in [1.807, 2.05) is 18.2 Å². The molecule has 0 radical (unpaired) electrons. The van der Waals surface area contributed by atoms with Crippen LogP contribution in [0.4, 0.5) is 5.95 Å². The molecule has 3 rings (SSSR count). The van der Waals surface area contributed by atoms with Crippen LogP contribution in [-0.2, 0) is 0 Å². The fraction of sp³-hybridized carbons (Fsp3) is 0.462. The molecule has 1 heterocycles. The lowest BCUT2D eigenvalue weighted by Gasteiger charge is -2.34. The number of methoxy groups -OCH3 is 1. The van der Waals surface area contributed by atoms with E-state index < -0.39 is 0 Å². The van der Waals surface area contributed by atoms with E-state index in [9.17, 15) is 0 Å². The predicted octanol–water partition coefficient (Wildman–Crippen LogP) is 2.60. The molecular weight excluding hydrogens is 214 g/mol. The van der Waals surface area contributed by atoms with E-state index in [0.29, 0.717) is 12.0 Å². The molecule has 17 heavy (non-hydrogen) atoms. The summed E-state index contributed by atoms with van der Waals surface area (Å²) in [7, 11) is 1.66. The third kappa shape index (κ3) is 1.55. The van der Waals surface area contributed by atoms with Gasteiger partial charge in [0.05, 0.1) is 18.1 Å². The van der Waals surface area contributed by atoms with Gasteiger partial charge in [-0.3, -0.25) is 0 Å². The summed E-state index contributed by atoms with van der Waals surface area (Å²) in [5, 5.41) is 0. The first-order valence-electron chi connectivity index (χ1n) is 6.00. The average molecular weight is 231 g/mol. The second kappa shape index (κ2) is 3.65. The Hall–Kier alpha value is -1.71. The summed E-state index contributed by atoms with van der Waals surface area (Å²) in [6.45, 7) is 2.27. The summed E-state index contributed by atoms with van der Waals surface area (Å²) in [5.41, 5.74) is 8.04. The maximum absolute atomic E-state index is 6.01. The van der Waals surface area contributed by atoms with Crippen LogP contribution in [0, 0.1) is 5.92 Å². The number of ether oxygens (including phenoxy) is 1. The van der Waals surface area contributed by atoms with Gasteiger partial charge in [0, 0.05) is 12.1 Å². The van der Waals surface area contributed by atoms with Gasteiger partial charge in [-0.05, 0) is 30.9 Å². The van der Waals surface area contributed by atoms with Crippen LogP contribution in [0.25, 0.3) is 11.0 Å². The van der Waals surface area contributed by atoms with Gasteiger partial charge in [-0.2, -0.15) is 0 Å². The van der Waals surface area contributed by atoms with Crippen molar-refractivity contribution in [1.29, 1.82) is 0 Å². The number of nitrogens with two attached hydrogens (primary N) is 1. The van der Waals surface area contributed by atoms with Crippen LogP contribution >= 0.6 is 0 Å². The predicted molar refractivity (Wildman–Crippen MR) is 68.1 cm³/mol. The van der Waals surface area contributed by atoms with Crippen molar-refractivity contribution in [2.75, 3.05) is 12.8 Å². The lowest BCUT2D eigenvalue weighted by molar-refractivity contribution is 0.223. The van der Waals surface area contributed by atoms with Gasteiger partial charge in [0.15, 0.2) is 0 Å². The standard InChI is InChI=1S/C13H17N3O/c1-8-5-9(6-8)16-12-4-3-10(17-2)7-11(12)15-13(16)14/h3-4,7-9H,5-6H2,1-2H3,(H2,14,15). The molecule has 0 amide bonds. The Labute approximate surface area is 100 Å². The Balaban J connectivity index is 2.08. The van der Waals surface area contributed by atoms with E-state index in [-0.39, 0.29) is 0 Å². The topological polar surface area (TPSA) is 53.1 Å². The number of aromatic nitrogens is 2. The number of anilines is 1. The highest BCUT2D eigenvalue weighted by atomic mass is 16.5. The van der Waals surface area contributed by atoms with Crippen molar-refractivity contribution < 1.29 is 4.74 Å². The fourth-order valence-corrected chi connectivity index (χ4v) is 2.68. The number of imidazole rings is 1. The van der Waals surface area contributed by atoms with Crippen LogP contribution < -0.4 is 10.5 Å². The molecule has 0 bridgehead atoms. The lowest BCUT2D eigenvalue weighted by atomic mass is 9.81. The van der Waals surface area contributed by atoms with Crippen LogP contribution in [0.15, 0.2) is 18.2 Å². The summed E-state index contributed by atoms with van der Waals surface area (Å²) in [6, 6.07) is 6.45. The van der Waals surface area contributed by atoms with Crippen LogP contribution in [-0.4, -0.2) is 16.7 Å². The molecule has 4 heteroatoms. The zero-order valence-corrected chi connectivity index (χ0v) is 10.2. The number of hydrogen-bond donors (Lipinski definition) is 1. The van der Waals surface area contributed by atoms with Crippen molar-refractivity contribution in [2.24, 2.45) is 5.92 Å². The van der Waals surface area contributed by atoms with Gasteiger partial charge in [-0.1, -0.05) is 6.92 Å². The second-order valence-electron chi connectivity index (χ2n) is 4.93. The monoisotopic (exact) mass is 231 g/mol. The smallest absolute Gasteiger partial charge is 0.201 e. The van der Waals surface area contributed by atoms with Crippen LogP contribution in [0.1, 0.15) is 25.8 Å². The third-order valence-electron chi connectivity index (χ3n) is 3.64. The highest BCUT2D eigenvalue weighted by Crippen LogP contribution is 2.40. The minimum absolute atomic E-state index is 0.517. The first-order chi connectivity index (χ1) is 8.19. The van der Waals surface area contributed by atoms with Crippen molar-refractivity contribution in [3.05, 3.63) is 18.2 Å². The molecule has 0 aliphatic heterocycles. The Kier molecular flexibility index (Phi) is 2.24. The molecule has 1 aliphatic carbocycles. The second-order valence-corrected chi connectivity index (χ2v) is 4.93. The van der Waals surface area contributed by atoms with Crippen molar-refractivity contribution in [3.63, 3.8) is 0 Å². The molecular formula is C13H17N3O. The molecule has 1 aromatic carbocycles. The summed E-state index contributed by atoms with van der Waals surface area (Å²) in [6.07, 6.45) is 2.39. The lowest BCUT2D eigenvalue weighted by Crippen LogP contribution is -2.25. The van der Waals surface area contributed by atoms with Gasteiger partial charge in [0.2, 0.25) is 5.95 Å². The molecule has 0 atom stereocenters. The normalized spacial score (nSPS) is 23.6.